The van der Waals surface area contributed by atoms with Gasteiger partial charge in [0, 0.05) is 31.8 Å². The minimum absolute atomic E-state index is 0.108. The average Bonchev–Trinajstić information content (AvgIpc) is 2.59. The number of hydrogen-bond acceptors (Lipinski definition) is 2. The monoisotopic (exact) mass is 364 g/mol. The Morgan fingerprint density at radius 2 is 1.69 bits per heavy atom. The third kappa shape index (κ3) is 5.34. The van der Waals surface area contributed by atoms with E-state index in [1.807, 2.05) is 0 Å². The van der Waals surface area contributed by atoms with E-state index >= 15 is 0 Å². The van der Waals surface area contributed by atoms with Crippen LogP contribution < -0.4 is 5.32 Å². The number of benzene rings is 2. The van der Waals surface area contributed by atoms with Crippen LogP contribution in [0.2, 0.25) is 0 Å². The molecular formula is C19H19F3N2O2. The number of amides is 2. The Morgan fingerprint density at radius 3 is 2.27 bits per heavy atom. The molecule has 1 N–H and O–H groups in total. The predicted octanol–water partition coefficient (Wildman–Crippen LogP) is 3.98. The maximum atomic E-state index is 12.7. The van der Waals surface area contributed by atoms with E-state index in [0.29, 0.717) is 12.0 Å². The molecule has 0 heterocycles. The fraction of sp³-hybridized carbons (Fsp3) is 0.263. The van der Waals surface area contributed by atoms with Crippen LogP contribution in [0.4, 0.5) is 18.9 Å². The van der Waals surface area contributed by atoms with E-state index in [-0.39, 0.29) is 23.9 Å². The maximum Gasteiger partial charge on any atom is 0.416 e. The summed E-state index contributed by atoms with van der Waals surface area (Å²) in [4.78, 5) is 25.2. The highest BCUT2D eigenvalue weighted by molar-refractivity contribution is 5.94. The first-order valence-electron chi connectivity index (χ1n) is 7.94. The number of alkyl halides is 3. The number of carbonyl (C=O) groups is 2. The van der Waals surface area contributed by atoms with Crippen molar-refractivity contribution in [1.29, 1.82) is 0 Å². The van der Waals surface area contributed by atoms with Crippen molar-refractivity contribution in [2.45, 2.75) is 19.0 Å². The van der Waals surface area contributed by atoms with E-state index < -0.39 is 11.7 Å². The maximum absolute atomic E-state index is 12.7. The number of rotatable bonds is 5. The van der Waals surface area contributed by atoms with Crippen molar-refractivity contribution in [3.63, 3.8) is 0 Å². The molecule has 4 nitrogen and oxygen atoms in total. The Bertz CT molecular complexity index is 784. The van der Waals surface area contributed by atoms with Crippen molar-refractivity contribution < 1.29 is 22.8 Å². The number of carbonyl (C=O) groups excluding carboxylic acids is 2. The fourth-order valence-electron chi connectivity index (χ4n) is 2.33. The highest BCUT2D eigenvalue weighted by Gasteiger charge is 2.30. The number of halogens is 3. The van der Waals surface area contributed by atoms with E-state index in [0.717, 1.165) is 17.7 Å². The van der Waals surface area contributed by atoms with Crippen LogP contribution in [0.3, 0.4) is 0 Å². The van der Waals surface area contributed by atoms with Crippen molar-refractivity contribution in [1.82, 2.24) is 4.90 Å². The van der Waals surface area contributed by atoms with Crippen molar-refractivity contribution in [2.24, 2.45) is 0 Å². The Labute approximate surface area is 149 Å². The van der Waals surface area contributed by atoms with Gasteiger partial charge >= 0.3 is 6.18 Å². The molecule has 0 aliphatic rings. The molecule has 0 bridgehead atoms. The molecule has 7 heteroatoms. The summed E-state index contributed by atoms with van der Waals surface area (Å²) in [5.74, 6) is -0.489. The zero-order valence-electron chi connectivity index (χ0n) is 14.4. The molecule has 0 aliphatic heterocycles. The smallest absolute Gasteiger partial charge is 0.345 e. The number of hydrogen-bond donors (Lipinski definition) is 1. The molecule has 138 valence electrons. The summed E-state index contributed by atoms with van der Waals surface area (Å²) in [6.45, 7) is 0. The molecule has 0 unspecified atom stereocenters. The van der Waals surface area contributed by atoms with Crippen LogP contribution in [0.5, 0.6) is 0 Å². The second kappa shape index (κ2) is 8.03. The summed E-state index contributed by atoms with van der Waals surface area (Å²) in [6.07, 6.45) is -3.91. The normalized spacial score (nSPS) is 11.1. The molecule has 0 spiro atoms. The lowest BCUT2D eigenvalue weighted by atomic mass is 10.1. The van der Waals surface area contributed by atoms with Gasteiger partial charge in [0.25, 0.3) is 5.91 Å². The van der Waals surface area contributed by atoms with E-state index in [2.05, 4.69) is 5.32 Å². The third-order valence-corrected chi connectivity index (χ3v) is 3.72. The Balaban J connectivity index is 1.92. The van der Waals surface area contributed by atoms with Crippen LogP contribution in [-0.2, 0) is 17.4 Å². The van der Waals surface area contributed by atoms with Crippen LogP contribution >= 0.6 is 0 Å². The topological polar surface area (TPSA) is 49.4 Å². The molecule has 2 rings (SSSR count). The SMILES string of the molecule is CN(C)C(=O)c1ccc(CCC(=O)Nc2cccc(C(F)(F)F)c2)cc1. The van der Waals surface area contributed by atoms with Crippen LogP contribution in [0.25, 0.3) is 0 Å². The van der Waals surface area contributed by atoms with E-state index in [9.17, 15) is 22.8 Å². The second-order valence-corrected chi connectivity index (χ2v) is 6.02. The average molecular weight is 364 g/mol. The van der Waals surface area contributed by atoms with E-state index in [4.69, 9.17) is 0 Å². The zero-order chi connectivity index (χ0) is 19.3. The molecule has 0 saturated heterocycles. The summed E-state index contributed by atoms with van der Waals surface area (Å²) in [6, 6.07) is 11.4. The van der Waals surface area contributed by atoms with Gasteiger partial charge in [0.05, 0.1) is 5.56 Å². The largest absolute Gasteiger partial charge is 0.416 e. The number of aryl methyl sites for hydroxylation is 1. The highest BCUT2D eigenvalue weighted by atomic mass is 19.4. The van der Waals surface area contributed by atoms with Crippen LogP contribution in [0, 0.1) is 0 Å². The Hall–Kier alpha value is -2.83. The molecule has 0 atom stereocenters. The van der Waals surface area contributed by atoms with Crippen LogP contribution in [0.1, 0.15) is 27.9 Å². The van der Waals surface area contributed by atoms with Crippen molar-refractivity contribution >= 4 is 17.5 Å². The lowest BCUT2D eigenvalue weighted by Gasteiger charge is -2.11. The molecule has 2 amide bonds. The lowest BCUT2D eigenvalue weighted by Crippen LogP contribution is -2.21. The van der Waals surface area contributed by atoms with Gasteiger partial charge in [-0.15, -0.1) is 0 Å². The van der Waals surface area contributed by atoms with Gasteiger partial charge < -0.3 is 10.2 Å². The summed E-state index contributed by atoms with van der Waals surface area (Å²) in [5.41, 5.74) is 0.708. The molecule has 0 radical (unpaired) electrons. The molecule has 2 aromatic rings. The summed E-state index contributed by atoms with van der Waals surface area (Å²) < 4.78 is 38.0. The summed E-state index contributed by atoms with van der Waals surface area (Å²) in [5, 5.41) is 2.47. The lowest BCUT2D eigenvalue weighted by molar-refractivity contribution is -0.137. The number of nitrogens with one attached hydrogen (secondary N) is 1. The van der Waals surface area contributed by atoms with Gasteiger partial charge in [0.2, 0.25) is 5.91 Å². The minimum atomic E-state index is -4.45. The van der Waals surface area contributed by atoms with Gasteiger partial charge in [0.15, 0.2) is 0 Å². The molecule has 0 fully saturated rings. The van der Waals surface area contributed by atoms with Crippen molar-refractivity contribution in [3.8, 4) is 0 Å². The van der Waals surface area contributed by atoms with E-state index in [1.165, 1.54) is 17.0 Å². The van der Waals surface area contributed by atoms with Crippen LogP contribution in [0.15, 0.2) is 48.5 Å². The first-order chi connectivity index (χ1) is 12.2. The number of anilines is 1. The fourth-order valence-corrected chi connectivity index (χ4v) is 2.33. The highest BCUT2D eigenvalue weighted by Crippen LogP contribution is 2.30. The minimum Gasteiger partial charge on any atom is -0.345 e. The predicted molar refractivity (Wildman–Crippen MR) is 92.9 cm³/mol. The molecule has 0 saturated carbocycles. The van der Waals surface area contributed by atoms with E-state index in [1.54, 1.807) is 38.4 Å². The zero-order valence-corrected chi connectivity index (χ0v) is 14.4. The van der Waals surface area contributed by atoms with Crippen molar-refractivity contribution in [3.05, 3.63) is 65.2 Å². The molecule has 26 heavy (non-hydrogen) atoms. The van der Waals surface area contributed by atoms with Gasteiger partial charge in [-0.05, 0) is 42.3 Å². The second-order valence-electron chi connectivity index (χ2n) is 6.02. The van der Waals surface area contributed by atoms with Gasteiger partial charge in [0.1, 0.15) is 0 Å². The van der Waals surface area contributed by atoms with Crippen molar-refractivity contribution in [2.75, 3.05) is 19.4 Å². The first kappa shape index (κ1) is 19.5. The third-order valence-electron chi connectivity index (χ3n) is 3.72. The first-order valence-corrected chi connectivity index (χ1v) is 7.94. The Morgan fingerprint density at radius 1 is 1.04 bits per heavy atom. The molecular weight excluding hydrogens is 345 g/mol. The standard InChI is InChI=1S/C19H19F3N2O2/c1-24(2)18(26)14-9-6-13(7-10-14)8-11-17(25)23-16-5-3-4-15(12-16)19(20,21)22/h3-7,9-10,12H,8,11H2,1-2H3,(H,23,25). The van der Waals surface area contributed by atoms with Gasteiger partial charge in [-0.3, -0.25) is 9.59 Å². The number of nitrogens with zero attached hydrogens (tertiary/aromatic N) is 1. The molecule has 2 aromatic carbocycles. The molecule has 0 aromatic heterocycles. The van der Waals surface area contributed by atoms with Gasteiger partial charge in [-0.1, -0.05) is 18.2 Å². The van der Waals surface area contributed by atoms with Gasteiger partial charge in [-0.2, -0.15) is 13.2 Å². The Kier molecular flexibility index (Phi) is 6.02. The van der Waals surface area contributed by atoms with Gasteiger partial charge in [-0.25, -0.2) is 0 Å². The van der Waals surface area contributed by atoms with Crippen LogP contribution in [-0.4, -0.2) is 30.8 Å². The quantitative estimate of drug-likeness (QED) is 0.873. The molecule has 0 aliphatic carbocycles. The summed E-state index contributed by atoms with van der Waals surface area (Å²) >= 11 is 0. The summed E-state index contributed by atoms with van der Waals surface area (Å²) in [7, 11) is 3.32.